The van der Waals surface area contributed by atoms with Crippen LogP contribution in [0.2, 0.25) is 0 Å². The molecule has 2 aromatic rings. The molecule has 0 atom stereocenters. The van der Waals surface area contributed by atoms with E-state index in [4.69, 9.17) is 0 Å². The number of nitrogens with one attached hydrogen (secondary N) is 1. The zero-order valence-electron chi connectivity index (χ0n) is 13.4. The number of benzene rings is 2. The first-order chi connectivity index (χ1) is 11.6. The Labute approximate surface area is 140 Å². The van der Waals surface area contributed by atoms with Crippen molar-refractivity contribution in [3.63, 3.8) is 0 Å². The lowest BCUT2D eigenvalue weighted by molar-refractivity contribution is -0.115. The van der Waals surface area contributed by atoms with Crippen LogP contribution in [-0.2, 0) is 11.2 Å². The van der Waals surface area contributed by atoms with Gasteiger partial charge in [0, 0.05) is 13.1 Å². The molecule has 2 N–H and O–H groups in total. The quantitative estimate of drug-likeness (QED) is 0.907. The fourth-order valence-electron chi connectivity index (χ4n) is 2.97. The number of nitrogens with zero attached hydrogens (tertiary/aromatic N) is 1. The van der Waals surface area contributed by atoms with Crippen molar-refractivity contribution in [3.8, 4) is 0 Å². The molecule has 1 aliphatic heterocycles. The number of carbonyl (C=O) groups is 1. The Kier molecular flexibility index (Phi) is 5.11. The third kappa shape index (κ3) is 3.92. The molecule has 0 aromatic heterocycles. The van der Waals surface area contributed by atoms with E-state index in [1.165, 1.54) is 6.07 Å². The summed E-state index contributed by atoms with van der Waals surface area (Å²) < 4.78 is 13.7. The first-order valence-corrected chi connectivity index (χ1v) is 8.19. The zero-order valence-corrected chi connectivity index (χ0v) is 13.4. The second-order valence-corrected chi connectivity index (χ2v) is 6.05. The molecule has 0 radical (unpaired) electrons. The Morgan fingerprint density at radius 1 is 1.12 bits per heavy atom. The van der Waals surface area contributed by atoms with Crippen LogP contribution in [0.4, 0.5) is 15.8 Å². The van der Waals surface area contributed by atoms with Gasteiger partial charge in [0.15, 0.2) is 0 Å². The Balaban J connectivity index is 1.71. The van der Waals surface area contributed by atoms with E-state index in [0.29, 0.717) is 5.56 Å². The highest BCUT2D eigenvalue weighted by Gasteiger charge is 2.20. The number of rotatable bonds is 4. The Morgan fingerprint density at radius 3 is 2.54 bits per heavy atom. The summed E-state index contributed by atoms with van der Waals surface area (Å²) >= 11 is 0. The average molecular weight is 328 g/mol. The molecule has 24 heavy (non-hydrogen) atoms. The Hall–Kier alpha value is -2.40. The number of aliphatic hydroxyl groups excluding tert-OH is 1. The minimum Gasteiger partial charge on any atom is -0.393 e. The molecular weight excluding hydrogens is 307 g/mol. The molecule has 1 fully saturated rings. The minimum absolute atomic E-state index is 0.000276. The summed E-state index contributed by atoms with van der Waals surface area (Å²) in [7, 11) is 0. The second-order valence-electron chi connectivity index (χ2n) is 6.05. The standard InChI is InChI=1S/C19H21FN2O2/c20-16-6-2-1-5-14(16)13-19(24)21-17-7-3-4-8-18(17)22-11-9-15(23)10-12-22/h1-8,15,23H,9-13H2,(H,21,24). The summed E-state index contributed by atoms with van der Waals surface area (Å²) in [6.45, 7) is 1.50. The molecule has 4 nitrogen and oxygen atoms in total. The van der Waals surface area contributed by atoms with Gasteiger partial charge in [-0.2, -0.15) is 0 Å². The number of anilines is 2. The van der Waals surface area contributed by atoms with E-state index in [1.807, 2.05) is 24.3 Å². The van der Waals surface area contributed by atoms with Gasteiger partial charge >= 0.3 is 0 Å². The Morgan fingerprint density at radius 2 is 1.79 bits per heavy atom. The molecule has 3 rings (SSSR count). The first kappa shape index (κ1) is 16.5. The van der Waals surface area contributed by atoms with Crippen LogP contribution in [-0.4, -0.2) is 30.2 Å². The Bertz CT molecular complexity index is 712. The van der Waals surface area contributed by atoms with Gasteiger partial charge in [-0.3, -0.25) is 4.79 Å². The van der Waals surface area contributed by atoms with Gasteiger partial charge in [-0.25, -0.2) is 4.39 Å². The van der Waals surface area contributed by atoms with Crippen molar-refractivity contribution >= 4 is 17.3 Å². The fourth-order valence-corrected chi connectivity index (χ4v) is 2.97. The summed E-state index contributed by atoms with van der Waals surface area (Å²) in [6, 6.07) is 13.9. The molecule has 126 valence electrons. The lowest BCUT2D eigenvalue weighted by Gasteiger charge is -2.32. The maximum Gasteiger partial charge on any atom is 0.228 e. The summed E-state index contributed by atoms with van der Waals surface area (Å²) in [5.74, 6) is -0.615. The van der Waals surface area contributed by atoms with Gasteiger partial charge in [-0.1, -0.05) is 30.3 Å². The van der Waals surface area contributed by atoms with Crippen LogP contribution in [0.3, 0.4) is 0 Å². The molecule has 1 amide bonds. The molecule has 5 heteroatoms. The van der Waals surface area contributed by atoms with Crippen molar-refractivity contribution in [1.82, 2.24) is 0 Å². The van der Waals surface area contributed by atoms with Gasteiger partial charge in [0.05, 0.1) is 23.9 Å². The van der Waals surface area contributed by atoms with Gasteiger partial charge < -0.3 is 15.3 Å². The van der Waals surface area contributed by atoms with E-state index in [1.54, 1.807) is 18.2 Å². The van der Waals surface area contributed by atoms with E-state index in [2.05, 4.69) is 10.2 Å². The zero-order chi connectivity index (χ0) is 16.9. The first-order valence-electron chi connectivity index (χ1n) is 8.19. The smallest absolute Gasteiger partial charge is 0.228 e. The number of piperidine rings is 1. The maximum absolute atomic E-state index is 13.7. The summed E-state index contributed by atoms with van der Waals surface area (Å²) in [5, 5.41) is 12.5. The molecule has 0 unspecified atom stereocenters. The molecular formula is C19H21FN2O2. The van der Waals surface area contributed by atoms with Crippen molar-refractivity contribution in [3.05, 3.63) is 59.9 Å². The van der Waals surface area contributed by atoms with E-state index >= 15 is 0 Å². The molecule has 1 heterocycles. The number of hydrogen-bond donors (Lipinski definition) is 2. The molecule has 1 saturated heterocycles. The summed E-state index contributed by atoms with van der Waals surface area (Å²) in [4.78, 5) is 14.4. The third-order valence-corrected chi connectivity index (χ3v) is 4.29. The van der Waals surface area contributed by atoms with E-state index in [9.17, 15) is 14.3 Å². The summed E-state index contributed by atoms with van der Waals surface area (Å²) in [5.41, 5.74) is 2.04. The van der Waals surface area contributed by atoms with Crippen LogP contribution in [0.1, 0.15) is 18.4 Å². The number of carbonyl (C=O) groups excluding carboxylic acids is 1. The van der Waals surface area contributed by atoms with Gasteiger partial charge in [0.2, 0.25) is 5.91 Å². The van der Waals surface area contributed by atoms with Crippen LogP contribution < -0.4 is 10.2 Å². The topological polar surface area (TPSA) is 52.6 Å². The van der Waals surface area contributed by atoms with Crippen molar-refractivity contribution in [2.24, 2.45) is 0 Å². The van der Waals surface area contributed by atoms with Crippen molar-refractivity contribution in [2.75, 3.05) is 23.3 Å². The lowest BCUT2D eigenvalue weighted by Crippen LogP contribution is -2.36. The number of amides is 1. The molecule has 1 aliphatic rings. The predicted molar refractivity (Wildman–Crippen MR) is 92.6 cm³/mol. The summed E-state index contributed by atoms with van der Waals surface area (Å²) in [6.07, 6.45) is 1.19. The number of hydrogen-bond acceptors (Lipinski definition) is 3. The molecule has 2 aromatic carbocycles. The largest absolute Gasteiger partial charge is 0.393 e. The van der Waals surface area contributed by atoms with Crippen LogP contribution >= 0.6 is 0 Å². The highest BCUT2D eigenvalue weighted by Crippen LogP contribution is 2.28. The number of aliphatic hydroxyl groups is 1. The van der Waals surface area contributed by atoms with Gasteiger partial charge in [0.25, 0.3) is 0 Å². The monoisotopic (exact) mass is 328 g/mol. The molecule has 0 spiro atoms. The fraction of sp³-hybridized carbons (Fsp3) is 0.316. The van der Waals surface area contributed by atoms with Crippen LogP contribution in [0.5, 0.6) is 0 Å². The van der Waals surface area contributed by atoms with Crippen molar-refractivity contribution in [1.29, 1.82) is 0 Å². The normalized spacial score (nSPS) is 15.3. The van der Waals surface area contributed by atoms with Crippen LogP contribution in [0.15, 0.2) is 48.5 Å². The van der Waals surface area contributed by atoms with E-state index < -0.39 is 0 Å². The van der Waals surface area contributed by atoms with Crippen molar-refractivity contribution in [2.45, 2.75) is 25.4 Å². The number of halogens is 1. The highest BCUT2D eigenvalue weighted by atomic mass is 19.1. The van der Waals surface area contributed by atoms with Crippen LogP contribution in [0.25, 0.3) is 0 Å². The third-order valence-electron chi connectivity index (χ3n) is 4.29. The second kappa shape index (κ2) is 7.45. The number of para-hydroxylation sites is 2. The van der Waals surface area contributed by atoms with Gasteiger partial charge in [0.1, 0.15) is 5.82 Å². The average Bonchev–Trinajstić information content (AvgIpc) is 2.58. The predicted octanol–water partition coefficient (Wildman–Crippen LogP) is 2.97. The van der Waals surface area contributed by atoms with Crippen LogP contribution in [0, 0.1) is 5.82 Å². The highest BCUT2D eigenvalue weighted by molar-refractivity contribution is 5.95. The molecule has 0 aliphatic carbocycles. The van der Waals surface area contributed by atoms with E-state index in [-0.39, 0.29) is 24.2 Å². The minimum atomic E-state index is -0.369. The molecule has 0 bridgehead atoms. The van der Waals surface area contributed by atoms with Crippen molar-refractivity contribution < 1.29 is 14.3 Å². The van der Waals surface area contributed by atoms with Gasteiger partial charge in [-0.15, -0.1) is 0 Å². The maximum atomic E-state index is 13.7. The lowest BCUT2D eigenvalue weighted by atomic mass is 10.1. The molecule has 0 saturated carbocycles. The van der Waals surface area contributed by atoms with Gasteiger partial charge in [-0.05, 0) is 36.6 Å². The SMILES string of the molecule is O=C(Cc1ccccc1F)Nc1ccccc1N1CCC(O)CC1. The van der Waals surface area contributed by atoms with E-state index in [0.717, 1.165) is 37.3 Å².